The minimum atomic E-state index is -3.61. The van der Waals surface area contributed by atoms with E-state index >= 15 is 0 Å². The lowest BCUT2D eigenvalue weighted by molar-refractivity contribution is -0.148. The highest BCUT2D eigenvalue weighted by molar-refractivity contribution is 9.09. The SMILES string of the molecule is Cc1ccc(S(=O)(=O)N(CC/C=C\C(=O)OC(C)(C)C)[C@@H](C)CBr)cc1. The molecule has 7 heteroatoms. The average molecular weight is 446 g/mol. The number of nitrogens with zero attached hydrogens (tertiary/aromatic N) is 1. The molecule has 0 radical (unpaired) electrons. The van der Waals surface area contributed by atoms with Crippen LogP contribution in [0.25, 0.3) is 0 Å². The van der Waals surface area contributed by atoms with Crippen molar-refractivity contribution in [3.8, 4) is 0 Å². The van der Waals surface area contributed by atoms with Crippen molar-refractivity contribution in [2.75, 3.05) is 11.9 Å². The first-order chi connectivity index (χ1) is 12.0. The van der Waals surface area contributed by atoms with E-state index in [4.69, 9.17) is 4.74 Å². The second kappa shape index (κ2) is 9.67. The molecule has 1 rings (SSSR count). The predicted molar refractivity (Wildman–Crippen MR) is 108 cm³/mol. The summed E-state index contributed by atoms with van der Waals surface area (Å²) in [4.78, 5) is 12.0. The van der Waals surface area contributed by atoms with Crippen LogP contribution in [0.2, 0.25) is 0 Å². The maximum absolute atomic E-state index is 12.9. The number of ether oxygens (including phenoxy) is 1. The molecule has 0 spiro atoms. The normalized spacial score (nSPS) is 14.0. The summed E-state index contributed by atoms with van der Waals surface area (Å²) in [6.07, 6.45) is 3.41. The quantitative estimate of drug-likeness (QED) is 0.343. The van der Waals surface area contributed by atoms with Crippen LogP contribution in [0.15, 0.2) is 41.3 Å². The Balaban J connectivity index is 2.85. The van der Waals surface area contributed by atoms with Gasteiger partial charge >= 0.3 is 5.97 Å². The second-order valence-electron chi connectivity index (χ2n) is 7.16. The zero-order valence-electron chi connectivity index (χ0n) is 16.0. The zero-order chi connectivity index (χ0) is 20.0. The van der Waals surface area contributed by atoms with Crippen molar-refractivity contribution < 1.29 is 17.9 Å². The fourth-order valence-corrected chi connectivity index (χ4v) is 4.40. The van der Waals surface area contributed by atoms with E-state index in [0.717, 1.165) is 5.56 Å². The van der Waals surface area contributed by atoms with Crippen LogP contribution in [0.3, 0.4) is 0 Å². The predicted octanol–water partition coefficient (Wildman–Crippen LogP) is 4.06. The van der Waals surface area contributed by atoms with Gasteiger partial charge in [0, 0.05) is 24.0 Å². The zero-order valence-corrected chi connectivity index (χ0v) is 18.4. The summed E-state index contributed by atoms with van der Waals surface area (Å²) in [5.41, 5.74) is 0.455. The molecule has 146 valence electrons. The van der Waals surface area contributed by atoms with Crippen molar-refractivity contribution in [2.24, 2.45) is 0 Å². The van der Waals surface area contributed by atoms with Gasteiger partial charge in [0.15, 0.2) is 0 Å². The molecule has 0 unspecified atom stereocenters. The highest BCUT2D eigenvalue weighted by atomic mass is 79.9. The third-order valence-corrected chi connectivity index (χ3v) is 6.48. The summed E-state index contributed by atoms with van der Waals surface area (Å²) in [5.74, 6) is -0.431. The van der Waals surface area contributed by atoms with Crippen molar-refractivity contribution in [1.29, 1.82) is 0 Å². The van der Waals surface area contributed by atoms with Gasteiger partial charge in [-0.3, -0.25) is 0 Å². The van der Waals surface area contributed by atoms with Gasteiger partial charge in [0.2, 0.25) is 10.0 Å². The molecule has 0 saturated carbocycles. The third kappa shape index (κ3) is 7.21. The van der Waals surface area contributed by atoms with Crippen molar-refractivity contribution in [3.63, 3.8) is 0 Å². The molecule has 0 fully saturated rings. The Morgan fingerprint density at radius 2 is 1.85 bits per heavy atom. The Morgan fingerprint density at radius 3 is 2.35 bits per heavy atom. The topological polar surface area (TPSA) is 63.7 Å². The number of sulfonamides is 1. The van der Waals surface area contributed by atoms with E-state index < -0.39 is 21.6 Å². The summed E-state index contributed by atoms with van der Waals surface area (Å²) < 4.78 is 32.5. The van der Waals surface area contributed by atoms with Gasteiger partial charge in [-0.2, -0.15) is 4.31 Å². The van der Waals surface area contributed by atoms with Crippen LogP contribution in [0, 0.1) is 6.92 Å². The van der Waals surface area contributed by atoms with Crippen LogP contribution in [0.4, 0.5) is 0 Å². The number of hydrogen-bond donors (Lipinski definition) is 0. The Labute approximate surface area is 165 Å². The lowest BCUT2D eigenvalue weighted by Gasteiger charge is -2.27. The first-order valence-electron chi connectivity index (χ1n) is 8.51. The maximum Gasteiger partial charge on any atom is 0.330 e. The van der Waals surface area contributed by atoms with Gasteiger partial charge in [-0.25, -0.2) is 13.2 Å². The molecule has 0 heterocycles. The van der Waals surface area contributed by atoms with Crippen molar-refractivity contribution >= 4 is 31.9 Å². The molecule has 26 heavy (non-hydrogen) atoms. The number of alkyl halides is 1. The summed E-state index contributed by atoms with van der Waals surface area (Å²) in [7, 11) is -3.61. The molecule has 0 saturated heterocycles. The Bertz CT molecular complexity index is 721. The maximum atomic E-state index is 12.9. The number of benzene rings is 1. The highest BCUT2D eigenvalue weighted by Gasteiger charge is 2.27. The summed E-state index contributed by atoms with van der Waals surface area (Å²) >= 11 is 3.36. The minimum Gasteiger partial charge on any atom is -0.457 e. The summed E-state index contributed by atoms with van der Waals surface area (Å²) in [5, 5.41) is 0.522. The van der Waals surface area contributed by atoms with E-state index in [1.807, 2.05) is 13.8 Å². The van der Waals surface area contributed by atoms with Crippen LogP contribution in [0.1, 0.15) is 39.7 Å². The molecule has 0 aromatic heterocycles. The van der Waals surface area contributed by atoms with E-state index in [-0.39, 0.29) is 17.5 Å². The number of hydrogen-bond acceptors (Lipinski definition) is 4. The number of rotatable bonds is 8. The summed E-state index contributed by atoms with van der Waals surface area (Å²) in [6, 6.07) is 6.60. The molecular weight excluding hydrogens is 418 g/mol. The van der Waals surface area contributed by atoms with E-state index in [1.165, 1.54) is 10.4 Å². The molecule has 1 aromatic carbocycles. The number of esters is 1. The standard InChI is InChI=1S/C19H28BrNO4S/c1-15-9-11-17(12-10-15)26(23,24)21(16(2)14-20)13-7-6-8-18(22)25-19(3,4)5/h6,8-12,16H,7,13-14H2,1-5H3/b8-6-/t16-/m0/s1. The Morgan fingerprint density at radius 1 is 1.27 bits per heavy atom. The first-order valence-corrected chi connectivity index (χ1v) is 11.1. The van der Waals surface area contributed by atoms with E-state index in [1.54, 1.807) is 51.1 Å². The van der Waals surface area contributed by atoms with Gasteiger partial charge in [0.05, 0.1) is 4.90 Å². The number of aryl methyl sites for hydroxylation is 1. The smallest absolute Gasteiger partial charge is 0.330 e. The molecular formula is C19H28BrNO4S. The molecule has 1 aromatic rings. The molecule has 5 nitrogen and oxygen atoms in total. The summed E-state index contributed by atoms with van der Waals surface area (Å²) in [6.45, 7) is 9.43. The van der Waals surface area contributed by atoms with Crippen molar-refractivity contribution in [1.82, 2.24) is 4.31 Å². The van der Waals surface area contributed by atoms with Crippen molar-refractivity contribution in [2.45, 2.75) is 57.6 Å². The van der Waals surface area contributed by atoms with Gasteiger partial charge in [-0.1, -0.05) is 39.7 Å². The molecule has 1 atom stereocenters. The highest BCUT2D eigenvalue weighted by Crippen LogP contribution is 2.20. The third-order valence-electron chi connectivity index (χ3n) is 3.52. The second-order valence-corrected chi connectivity index (χ2v) is 9.69. The molecule has 0 amide bonds. The largest absolute Gasteiger partial charge is 0.457 e. The van der Waals surface area contributed by atoms with E-state index in [2.05, 4.69) is 15.9 Å². The van der Waals surface area contributed by atoms with Crippen molar-refractivity contribution in [3.05, 3.63) is 42.0 Å². The average Bonchev–Trinajstić information content (AvgIpc) is 2.52. The molecule has 0 aliphatic carbocycles. The number of halogens is 1. The molecule has 0 aliphatic heterocycles. The van der Waals surface area contributed by atoms with Crippen LogP contribution in [0.5, 0.6) is 0 Å². The Kier molecular flexibility index (Phi) is 8.50. The molecule has 0 aliphatic rings. The van der Waals surface area contributed by atoms with Crippen LogP contribution < -0.4 is 0 Å². The Hall–Kier alpha value is -1.18. The van der Waals surface area contributed by atoms with E-state index in [9.17, 15) is 13.2 Å². The number of carbonyl (C=O) groups excluding carboxylic acids is 1. The van der Waals surface area contributed by atoms with Gasteiger partial charge in [0.1, 0.15) is 5.60 Å². The number of carbonyl (C=O) groups is 1. The molecule has 0 bridgehead atoms. The van der Waals surface area contributed by atoms with E-state index in [0.29, 0.717) is 11.8 Å². The van der Waals surface area contributed by atoms with Gasteiger partial charge < -0.3 is 4.74 Å². The van der Waals surface area contributed by atoms with Gasteiger partial charge in [0.25, 0.3) is 0 Å². The van der Waals surface area contributed by atoms with Gasteiger partial charge in [-0.15, -0.1) is 0 Å². The lowest BCUT2D eigenvalue weighted by atomic mass is 10.2. The van der Waals surface area contributed by atoms with Gasteiger partial charge in [-0.05, 0) is 53.2 Å². The minimum absolute atomic E-state index is 0.212. The monoisotopic (exact) mass is 445 g/mol. The van der Waals surface area contributed by atoms with Crippen LogP contribution >= 0.6 is 15.9 Å². The fraction of sp³-hybridized carbons (Fsp3) is 0.526. The fourth-order valence-electron chi connectivity index (χ4n) is 2.22. The molecule has 0 N–H and O–H groups in total. The van der Waals surface area contributed by atoms with Crippen LogP contribution in [-0.4, -0.2) is 42.2 Å². The van der Waals surface area contributed by atoms with Crippen LogP contribution in [-0.2, 0) is 19.6 Å². The first kappa shape index (κ1) is 22.9. The lowest BCUT2D eigenvalue weighted by Crippen LogP contribution is -2.40.